The molecule has 4 heteroatoms. The van der Waals surface area contributed by atoms with Crippen LogP contribution in [0.15, 0.2) is 60.3 Å². The average molecular weight is 294 g/mol. The van der Waals surface area contributed by atoms with Gasteiger partial charge < -0.3 is 15.8 Å². The minimum Gasteiger partial charge on any atom is -0.482 e. The Morgan fingerprint density at radius 3 is 2.55 bits per heavy atom. The van der Waals surface area contributed by atoms with Gasteiger partial charge in [0.25, 0.3) is 0 Å². The lowest BCUT2D eigenvalue weighted by atomic mass is 9.88. The Bertz CT molecular complexity index is 763. The van der Waals surface area contributed by atoms with E-state index in [9.17, 15) is 4.79 Å². The number of nitrogens with one attached hydrogen (secondary N) is 1. The maximum atomic E-state index is 12.7. The summed E-state index contributed by atoms with van der Waals surface area (Å²) in [7, 11) is 0. The average Bonchev–Trinajstić information content (AvgIpc) is 2.48. The fraction of sp³-hybridized carbons (Fsp3) is 0.167. The summed E-state index contributed by atoms with van der Waals surface area (Å²) in [6.45, 7) is 3.76. The number of hydrogen-bond acceptors (Lipinski definition) is 4. The van der Waals surface area contributed by atoms with Crippen molar-refractivity contribution in [2.75, 3.05) is 11.1 Å². The third-order valence-electron chi connectivity index (χ3n) is 3.72. The third-order valence-corrected chi connectivity index (χ3v) is 3.72. The van der Waals surface area contributed by atoms with Crippen molar-refractivity contribution in [3.63, 3.8) is 0 Å². The number of anilines is 2. The van der Waals surface area contributed by atoms with Crippen LogP contribution in [0.1, 0.15) is 24.2 Å². The summed E-state index contributed by atoms with van der Waals surface area (Å²) in [5.41, 5.74) is 7.73. The lowest BCUT2D eigenvalue weighted by Crippen LogP contribution is -2.39. The largest absolute Gasteiger partial charge is 0.482 e. The van der Waals surface area contributed by atoms with Gasteiger partial charge in [-0.2, -0.15) is 0 Å². The van der Waals surface area contributed by atoms with E-state index in [4.69, 9.17) is 10.5 Å². The van der Waals surface area contributed by atoms with Crippen molar-refractivity contribution in [3.05, 3.63) is 65.9 Å². The lowest BCUT2D eigenvalue weighted by molar-refractivity contribution is 0.0856. The normalized spacial score (nSPS) is 17.7. The Hall–Kier alpha value is -2.75. The number of hydrogen-bond donors (Lipinski definition) is 2. The Kier molecular flexibility index (Phi) is 3.37. The van der Waals surface area contributed by atoms with Crippen LogP contribution in [-0.2, 0) is 0 Å². The first-order valence-electron chi connectivity index (χ1n) is 7.13. The second-order valence-electron chi connectivity index (χ2n) is 5.73. The summed E-state index contributed by atoms with van der Waals surface area (Å²) in [5.74, 6) is 0.586. The molecule has 0 atom stereocenters. The van der Waals surface area contributed by atoms with Crippen LogP contribution in [0.4, 0.5) is 11.4 Å². The zero-order valence-corrected chi connectivity index (χ0v) is 12.6. The van der Waals surface area contributed by atoms with Crippen LogP contribution in [0.25, 0.3) is 0 Å². The van der Waals surface area contributed by atoms with E-state index >= 15 is 0 Å². The van der Waals surface area contributed by atoms with Gasteiger partial charge in [-0.05, 0) is 38.1 Å². The highest BCUT2D eigenvalue weighted by Gasteiger charge is 2.37. The number of carbonyl (C=O) groups is 1. The van der Waals surface area contributed by atoms with Gasteiger partial charge in [0, 0.05) is 6.20 Å². The molecule has 0 spiro atoms. The van der Waals surface area contributed by atoms with Crippen molar-refractivity contribution in [3.8, 4) is 5.75 Å². The molecule has 0 unspecified atom stereocenters. The molecule has 112 valence electrons. The van der Waals surface area contributed by atoms with Gasteiger partial charge in [-0.1, -0.05) is 24.3 Å². The molecule has 0 aromatic heterocycles. The predicted molar refractivity (Wildman–Crippen MR) is 88.0 cm³/mol. The van der Waals surface area contributed by atoms with Crippen molar-refractivity contribution in [1.29, 1.82) is 0 Å². The van der Waals surface area contributed by atoms with E-state index in [-0.39, 0.29) is 5.78 Å². The van der Waals surface area contributed by atoms with Gasteiger partial charge in [0.2, 0.25) is 0 Å². The summed E-state index contributed by atoms with van der Waals surface area (Å²) in [5, 5.41) is 3.11. The van der Waals surface area contributed by atoms with Gasteiger partial charge in [0.15, 0.2) is 5.78 Å². The molecule has 0 bridgehead atoms. The first kappa shape index (κ1) is 14.2. The second kappa shape index (κ2) is 5.22. The fourth-order valence-corrected chi connectivity index (χ4v) is 2.51. The van der Waals surface area contributed by atoms with Crippen LogP contribution in [-0.4, -0.2) is 11.4 Å². The molecule has 0 radical (unpaired) electrons. The molecule has 3 N–H and O–H groups in total. The molecule has 2 aromatic carbocycles. The topological polar surface area (TPSA) is 64.3 Å². The van der Waals surface area contributed by atoms with E-state index in [0.29, 0.717) is 22.6 Å². The standard InChI is InChI=1S/C18H18N2O2/c1-18(2)13(11-20-15-9-5-4-8-14(15)19)17(21)12-7-3-6-10-16(12)22-18/h3-11,20H,19H2,1-2H3. The molecule has 3 rings (SSSR count). The highest BCUT2D eigenvalue weighted by Crippen LogP contribution is 2.36. The van der Waals surface area contributed by atoms with Crippen molar-refractivity contribution in [1.82, 2.24) is 0 Å². The minimum atomic E-state index is -0.706. The molecule has 1 aliphatic heterocycles. The number of para-hydroxylation sites is 3. The van der Waals surface area contributed by atoms with Gasteiger partial charge in [0.05, 0.1) is 22.5 Å². The van der Waals surface area contributed by atoms with E-state index in [2.05, 4.69) is 5.32 Å². The van der Waals surface area contributed by atoms with Crippen molar-refractivity contribution >= 4 is 17.2 Å². The molecule has 0 saturated carbocycles. The minimum absolute atomic E-state index is 0.0335. The lowest BCUT2D eigenvalue weighted by Gasteiger charge is -2.34. The first-order valence-corrected chi connectivity index (χ1v) is 7.13. The van der Waals surface area contributed by atoms with Crippen molar-refractivity contribution < 1.29 is 9.53 Å². The smallest absolute Gasteiger partial charge is 0.198 e. The highest BCUT2D eigenvalue weighted by molar-refractivity contribution is 6.12. The zero-order chi connectivity index (χ0) is 15.7. The van der Waals surface area contributed by atoms with Crippen LogP contribution in [0.2, 0.25) is 0 Å². The summed E-state index contributed by atoms with van der Waals surface area (Å²) >= 11 is 0. The van der Waals surface area contributed by atoms with E-state index in [0.717, 1.165) is 5.69 Å². The number of ketones is 1. The molecule has 2 aromatic rings. The number of fused-ring (bicyclic) bond motifs is 1. The zero-order valence-electron chi connectivity index (χ0n) is 12.6. The van der Waals surface area contributed by atoms with Gasteiger partial charge in [-0.25, -0.2) is 0 Å². The van der Waals surface area contributed by atoms with Gasteiger partial charge in [0.1, 0.15) is 11.4 Å². The Labute approximate surface area is 129 Å². The van der Waals surface area contributed by atoms with E-state index < -0.39 is 5.60 Å². The number of ether oxygens (including phenoxy) is 1. The van der Waals surface area contributed by atoms with Crippen LogP contribution in [0.3, 0.4) is 0 Å². The van der Waals surface area contributed by atoms with Gasteiger partial charge >= 0.3 is 0 Å². The quantitative estimate of drug-likeness (QED) is 0.656. The molecule has 1 heterocycles. The molecule has 1 aliphatic rings. The molecular weight excluding hydrogens is 276 g/mol. The van der Waals surface area contributed by atoms with Crippen molar-refractivity contribution in [2.45, 2.75) is 19.4 Å². The summed E-state index contributed by atoms with van der Waals surface area (Å²) < 4.78 is 5.96. The third kappa shape index (κ3) is 2.44. The molecular formula is C18H18N2O2. The maximum Gasteiger partial charge on any atom is 0.198 e. The molecule has 0 saturated heterocycles. The number of carbonyl (C=O) groups excluding carboxylic acids is 1. The summed E-state index contributed by atoms with van der Waals surface area (Å²) in [6, 6.07) is 14.7. The summed E-state index contributed by atoms with van der Waals surface area (Å²) in [6.07, 6.45) is 1.68. The SMILES string of the molecule is CC1(C)Oc2ccccc2C(=O)C1=CNc1ccccc1N. The first-order chi connectivity index (χ1) is 10.5. The predicted octanol–water partition coefficient (Wildman–Crippen LogP) is 3.62. The van der Waals surface area contributed by atoms with Crippen LogP contribution in [0, 0.1) is 0 Å². The summed E-state index contributed by atoms with van der Waals surface area (Å²) in [4.78, 5) is 12.7. The number of nitrogens with two attached hydrogens (primary N) is 1. The number of Topliss-reactive ketones (excluding diaryl/α,β-unsaturated/α-hetero) is 1. The maximum absolute atomic E-state index is 12.7. The van der Waals surface area contributed by atoms with Gasteiger partial charge in [-0.3, -0.25) is 4.79 Å². The second-order valence-corrected chi connectivity index (χ2v) is 5.73. The van der Waals surface area contributed by atoms with Crippen LogP contribution < -0.4 is 15.8 Å². The number of nitrogen functional groups attached to an aromatic ring is 1. The van der Waals surface area contributed by atoms with Crippen LogP contribution in [0.5, 0.6) is 5.75 Å². The van der Waals surface area contributed by atoms with E-state index in [1.165, 1.54) is 0 Å². The van der Waals surface area contributed by atoms with Crippen molar-refractivity contribution in [2.24, 2.45) is 0 Å². The molecule has 0 amide bonds. The number of rotatable bonds is 2. The monoisotopic (exact) mass is 294 g/mol. The highest BCUT2D eigenvalue weighted by atomic mass is 16.5. The molecule has 22 heavy (non-hydrogen) atoms. The molecule has 4 nitrogen and oxygen atoms in total. The Morgan fingerprint density at radius 2 is 1.77 bits per heavy atom. The van der Waals surface area contributed by atoms with E-state index in [1.54, 1.807) is 18.3 Å². The van der Waals surface area contributed by atoms with Crippen LogP contribution >= 0.6 is 0 Å². The Morgan fingerprint density at radius 1 is 1.09 bits per heavy atom. The molecule has 0 aliphatic carbocycles. The van der Waals surface area contributed by atoms with Gasteiger partial charge in [-0.15, -0.1) is 0 Å². The fourth-order valence-electron chi connectivity index (χ4n) is 2.51. The Balaban J connectivity index is 1.98. The van der Waals surface area contributed by atoms with E-state index in [1.807, 2.05) is 50.2 Å². The number of benzene rings is 2. The molecule has 0 fully saturated rings.